The van der Waals surface area contributed by atoms with Gasteiger partial charge in [-0.1, -0.05) is 18.2 Å². The number of anilines is 1. The number of nitrogen functional groups attached to an aromatic ring is 1. The van der Waals surface area contributed by atoms with Crippen molar-refractivity contribution in [3.63, 3.8) is 0 Å². The summed E-state index contributed by atoms with van der Waals surface area (Å²) in [7, 11) is 0. The molecule has 19 heavy (non-hydrogen) atoms. The lowest BCUT2D eigenvalue weighted by Crippen LogP contribution is -2.50. The first-order valence-corrected chi connectivity index (χ1v) is 7.03. The van der Waals surface area contributed by atoms with Gasteiger partial charge in [0, 0.05) is 18.2 Å². The molecule has 3 aliphatic rings. The van der Waals surface area contributed by atoms with Crippen molar-refractivity contribution >= 4 is 11.6 Å². The number of benzene rings is 1. The molecular formula is C15H21N3O. The quantitative estimate of drug-likeness (QED) is 0.808. The minimum Gasteiger partial charge on any atom is -0.398 e. The maximum Gasteiger partial charge on any atom is 0.217 e. The van der Waals surface area contributed by atoms with Crippen LogP contribution in [0.3, 0.4) is 0 Å². The first kappa shape index (κ1) is 12.5. The van der Waals surface area contributed by atoms with Crippen molar-refractivity contribution in [3.05, 3.63) is 29.8 Å². The van der Waals surface area contributed by atoms with E-state index in [1.165, 1.54) is 12.8 Å². The molecule has 3 saturated heterocycles. The number of amides is 1. The zero-order valence-corrected chi connectivity index (χ0v) is 11.1. The Balaban J connectivity index is 1.96. The summed E-state index contributed by atoms with van der Waals surface area (Å²) in [5, 5.41) is 0. The lowest BCUT2D eigenvalue weighted by molar-refractivity contribution is -0.122. The Labute approximate surface area is 113 Å². The number of carbonyl (C=O) groups excluding carboxylic acids is 1. The average molecular weight is 259 g/mol. The van der Waals surface area contributed by atoms with Gasteiger partial charge in [-0.3, -0.25) is 9.69 Å². The largest absolute Gasteiger partial charge is 0.398 e. The molecule has 1 aromatic rings. The van der Waals surface area contributed by atoms with Crippen molar-refractivity contribution in [2.75, 3.05) is 18.8 Å². The number of para-hydroxylation sites is 1. The van der Waals surface area contributed by atoms with E-state index < -0.39 is 0 Å². The van der Waals surface area contributed by atoms with E-state index in [4.69, 9.17) is 11.5 Å². The van der Waals surface area contributed by atoms with Gasteiger partial charge < -0.3 is 11.5 Å². The van der Waals surface area contributed by atoms with Gasteiger partial charge >= 0.3 is 0 Å². The molecule has 4 N–H and O–H groups in total. The highest BCUT2D eigenvalue weighted by Crippen LogP contribution is 2.47. The topological polar surface area (TPSA) is 72.4 Å². The molecule has 3 heterocycles. The molecule has 4 heteroatoms. The Kier molecular flexibility index (Phi) is 3.19. The molecule has 0 aliphatic carbocycles. The summed E-state index contributed by atoms with van der Waals surface area (Å²) in [6.07, 6.45) is 2.84. The van der Waals surface area contributed by atoms with Crippen LogP contribution in [0.25, 0.3) is 0 Å². The number of hydrogen-bond acceptors (Lipinski definition) is 3. The number of nitrogens with zero attached hydrogens (tertiary/aromatic N) is 1. The molecule has 0 spiro atoms. The Hall–Kier alpha value is -1.55. The predicted octanol–water partition coefficient (Wildman–Crippen LogP) is 1.53. The number of nitrogens with two attached hydrogens (primary N) is 2. The molecule has 1 amide bonds. The Morgan fingerprint density at radius 2 is 1.95 bits per heavy atom. The molecule has 0 radical (unpaired) electrons. The van der Waals surface area contributed by atoms with Crippen molar-refractivity contribution in [1.82, 2.24) is 4.90 Å². The van der Waals surface area contributed by atoms with Crippen LogP contribution >= 0.6 is 0 Å². The van der Waals surface area contributed by atoms with Gasteiger partial charge in [0.25, 0.3) is 0 Å². The third kappa shape index (κ3) is 2.21. The highest BCUT2D eigenvalue weighted by atomic mass is 16.1. The number of piperidine rings is 3. The fraction of sp³-hybridized carbons (Fsp3) is 0.533. The summed E-state index contributed by atoms with van der Waals surface area (Å²) in [5.41, 5.74) is 13.6. The first-order chi connectivity index (χ1) is 9.16. The second kappa shape index (κ2) is 4.85. The van der Waals surface area contributed by atoms with Gasteiger partial charge in [-0.25, -0.2) is 0 Å². The van der Waals surface area contributed by atoms with Crippen LogP contribution in [0.2, 0.25) is 0 Å². The second-order valence-corrected chi connectivity index (χ2v) is 5.78. The summed E-state index contributed by atoms with van der Waals surface area (Å²) >= 11 is 0. The molecule has 3 aliphatic heterocycles. The summed E-state index contributed by atoms with van der Waals surface area (Å²) in [6.45, 7) is 2.22. The zero-order valence-electron chi connectivity index (χ0n) is 11.1. The average Bonchev–Trinajstić information content (AvgIpc) is 2.40. The normalized spacial score (nSPS) is 33.3. The van der Waals surface area contributed by atoms with Gasteiger partial charge in [0.05, 0.1) is 0 Å². The molecule has 4 nitrogen and oxygen atoms in total. The third-order valence-corrected chi connectivity index (χ3v) is 4.73. The molecule has 1 aromatic carbocycles. The number of hydrogen-bond donors (Lipinski definition) is 2. The van der Waals surface area contributed by atoms with E-state index in [1.807, 2.05) is 18.2 Å². The van der Waals surface area contributed by atoms with E-state index in [0.29, 0.717) is 18.3 Å². The molecule has 2 unspecified atom stereocenters. The van der Waals surface area contributed by atoms with Crippen LogP contribution in [0.1, 0.15) is 30.9 Å². The number of rotatable bonds is 3. The molecule has 0 saturated carbocycles. The van der Waals surface area contributed by atoms with Crippen LogP contribution in [0.4, 0.5) is 5.69 Å². The smallest absolute Gasteiger partial charge is 0.217 e. The monoisotopic (exact) mass is 259 g/mol. The molecule has 2 atom stereocenters. The minimum absolute atomic E-state index is 0.196. The molecule has 0 aromatic heterocycles. The van der Waals surface area contributed by atoms with E-state index in [9.17, 15) is 4.79 Å². The van der Waals surface area contributed by atoms with E-state index in [0.717, 1.165) is 24.3 Å². The van der Waals surface area contributed by atoms with Gasteiger partial charge in [-0.15, -0.1) is 0 Å². The molecule has 3 fully saturated rings. The molecule has 102 valence electrons. The maximum absolute atomic E-state index is 11.4. The van der Waals surface area contributed by atoms with Gasteiger partial charge in [0.2, 0.25) is 5.91 Å². The Bertz CT molecular complexity index is 480. The zero-order chi connectivity index (χ0) is 13.4. The van der Waals surface area contributed by atoms with Gasteiger partial charge in [0.15, 0.2) is 0 Å². The van der Waals surface area contributed by atoms with Gasteiger partial charge in [-0.05, 0) is 49.4 Å². The van der Waals surface area contributed by atoms with E-state index in [2.05, 4.69) is 11.0 Å². The van der Waals surface area contributed by atoms with E-state index in [1.54, 1.807) is 0 Å². The second-order valence-electron chi connectivity index (χ2n) is 5.78. The first-order valence-electron chi connectivity index (χ1n) is 7.03. The van der Waals surface area contributed by atoms with Crippen molar-refractivity contribution in [3.8, 4) is 0 Å². The van der Waals surface area contributed by atoms with Crippen LogP contribution in [0.5, 0.6) is 0 Å². The maximum atomic E-state index is 11.4. The minimum atomic E-state index is -0.196. The van der Waals surface area contributed by atoms with Crippen LogP contribution in [0.15, 0.2) is 24.3 Å². The third-order valence-electron chi connectivity index (χ3n) is 4.73. The lowest BCUT2D eigenvalue weighted by atomic mass is 9.70. The summed E-state index contributed by atoms with van der Waals surface area (Å²) in [6, 6.07) is 8.28. The number of fused-ring (bicyclic) bond motifs is 3. The highest BCUT2D eigenvalue weighted by Gasteiger charge is 2.43. The van der Waals surface area contributed by atoms with Crippen molar-refractivity contribution in [2.45, 2.75) is 25.3 Å². The summed E-state index contributed by atoms with van der Waals surface area (Å²) < 4.78 is 0. The van der Waals surface area contributed by atoms with Crippen molar-refractivity contribution < 1.29 is 4.79 Å². The standard InChI is InChI=1S/C15H21N3O/c16-13-4-2-1-3-11(13)15-12(9-14(17)19)10-5-7-18(15)8-6-10/h1-4,10,12,15H,5-9,16H2,(H2,17,19). The van der Waals surface area contributed by atoms with Crippen molar-refractivity contribution in [2.24, 2.45) is 17.6 Å². The number of carbonyl (C=O) groups is 1. The number of primary amides is 1. The molecule has 4 rings (SSSR count). The summed E-state index contributed by atoms with van der Waals surface area (Å²) in [5.74, 6) is 0.741. The van der Waals surface area contributed by atoms with Gasteiger partial charge in [-0.2, -0.15) is 0 Å². The van der Waals surface area contributed by atoms with Crippen LogP contribution < -0.4 is 11.5 Å². The van der Waals surface area contributed by atoms with Crippen LogP contribution in [-0.2, 0) is 4.79 Å². The Morgan fingerprint density at radius 1 is 1.26 bits per heavy atom. The van der Waals surface area contributed by atoms with E-state index >= 15 is 0 Å². The SMILES string of the molecule is NC(=O)CC1C2CCN(CC2)C1c1ccccc1N. The fourth-order valence-electron chi connectivity index (χ4n) is 3.87. The summed E-state index contributed by atoms with van der Waals surface area (Å²) in [4.78, 5) is 13.8. The van der Waals surface area contributed by atoms with E-state index in [-0.39, 0.29) is 11.9 Å². The lowest BCUT2D eigenvalue weighted by Gasteiger charge is -2.51. The Morgan fingerprint density at radius 3 is 2.58 bits per heavy atom. The van der Waals surface area contributed by atoms with Crippen LogP contribution in [-0.4, -0.2) is 23.9 Å². The fourth-order valence-corrected chi connectivity index (χ4v) is 3.87. The van der Waals surface area contributed by atoms with Crippen molar-refractivity contribution in [1.29, 1.82) is 0 Å². The van der Waals surface area contributed by atoms with Crippen LogP contribution in [0, 0.1) is 11.8 Å². The molecule has 2 bridgehead atoms. The van der Waals surface area contributed by atoms with Gasteiger partial charge in [0.1, 0.15) is 0 Å². The predicted molar refractivity (Wildman–Crippen MR) is 75.2 cm³/mol. The molecular weight excluding hydrogens is 238 g/mol. The highest BCUT2D eigenvalue weighted by molar-refractivity contribution is 5.74.